The number of piperidine rings is 1. The van der Waals surface area contributed by atoms with E-state index in [1.54, 1.807) is 12.1 Å². The number of amides is 2. The Hall–Kier alpha value is -2.78. The fraction of sp³-hybridized carbons (Fsp3) is 0.440. The van der Waals surface area contributed by atoms with Gasteiger partial charge in [0.2, 0.25) is 15.9 Å². The first-order valence-corrected chi connectivity index (χ1v) is 13.2. The number of carbonyl (C=O) groups is 2. The molecule has 0 bridgehead atoms. The highest BCUT2D eigenvalue weighted by Crippen LogP contribution is 2.25. The van der Waals surface area contributed by atoms with Crippen LogP contribution in [0.5, 0.6) is 0 Å². The van der Waals surface area contributed by atoms with Crippen molar-refractivity contribution in [2.75, 3.05) is 13.1 Å². The molecule has 0 spiro atoms. The molecule has 1 heterocycles. The standard InChI is InChI=1S/C25H30FN3O4S/c26-20-12-14-21(15-13-20)34(32,33)29-16-6-9-19(17-29)25(31)28-23-11-5-4-10-22(23)27-24(30)18-7-2-1-3-8-18/h1-3,7-8,12-15,19,22-23H,4-6,9-11,16-17H2,(H,27,30)(H,28,31)/t19-,22+,23+/m0/s1. The summed E-state index contributed by atoms with van der Waals surface area (Å²) in [5, 5.41) is 6.15. The van der Waals surface area contributed by atoms with E-state index in [2.05, 4.69) is 10.6 Å². The van der Waals surface area contributed by atoms with Gasteiger partial charge in [-0.25, -0.2) is 12.8 Å². The van der Waals surface area contributed by atoms with Gasteiger partial charge in [-0.15, -0.1) is 0 Å². The first-order chi connectivity index (χ1) is 16.3. The quantitative estimate of drug-likeness (QED) is 0.655. The van der Waals surface area contributed by atoms with Gasteiger partial charge in [-0.3, -0.25) is 9.59 Å². The van der Waals surface area contributed by atoms with Crippen molar-refractivity contribution in [1.29, 1.82) is 0 Å². The van der Waals surface area contributed by atoms with Crippen molar-refractivity contribution in [2.24, 2.45) is 5.92 Å². The Bertz CT molecular complexity index is 1110. The van der Waals surface area contributed by atoms with E-state index in [-0.39, 0.29) is 35.3 Å². The number of nitrogens with zero attached hydrogens (tertiary/aromatic N) is 1. The molecule has 0 radical (unpaired) electrons. The fourth-order valence-corrected chi connectivity index (χ4v) is 6.27. The monoisotopic (exact) mass is 487 g/mol. The SMILES string of the molecule is O=C(N[C@@H]1CCCC[C@H]1NC(=O)[C@H]1CCCN(S(=O)(=O)c2ccc(F)cc2)C1)c1ccccc1. The molecule has 2 fully saturated rings. The first kappa shape index (κ1) is 24.3. The van der Waals surface area contributed by atoms with Crippen LogP contribution in [0.25, 0.3) is 0 Å². The molecule has 0 aromatic heterocycles. The van der Waals surface area contributed by atoms with Gasteiger partial charge in [0.15, 0.2) is 0 Å². The molecular weight excluding hydrogens is 457 g/mol. The number of carbonyl (C=O) groups excluding carboxylic acids is 2. The van der Waals surface area contributed by atoms with Crippen molar-refractivity contribution in [1.82, 2.24) is 14.9 Å². The van der Waals surface area contributed by atoms with Gasteiger partial charge < -0.3 is 10.6 Å². The van der Waals surface area contributed by atoms with E-state index in [4.69, 9.17) is 0 Å². The molecule has 1 saturated carbocycles. The smallest absolute Gasteiger partial charge is 0.251 e. The number of sulfonamides is 1. The maximum atomic E-state index is 13.2. The number of hydrogen-bond acceptors (Lipinski definition) is 4. The molecule has 4 rings (SSSR count). The zero-order chi connectivity index (χ0) is 24.1. The van der Waals surface area contributed by atoms with Gasteiger partial charge in [0, 0.05) is 30.7 Å². The van der Waals surface area contributed by atoms with Crippen LogP contribution in [0.4, 0.5) is 4.39 Å². The molecule has 2 aromatic carbocycles. The molecule has 1 aliphatic carbocycles. The lowest BCUT2D eigenvalue weighted by atomic mass is 9.89. The Morgan fingerprint density at radius 3 is 2.18 bits per heavy atom. The lowest BCUT2D eigenvalue weighted by molar-refractivity contribution is -0.127. The normalized spacial score (nSPS) is 23.7. The highest BCUT2D eigenvalue weighted by molar-refractivity contribution is 7.89. The summed E-state index contributed by atoms with van der Waals surface area (Å²) in [4.78, 5) is 25.8. The Morgan fingerprint density at radius 2 is 1.50 bits per heavy atom. The number of nitrogens with one attached hydrogen (secondary N) is 2. The predicted molar refractivity (Wildman–Crippen MR) is 126 cm³/mol. The summed E-state index contributed by atoms with van der Waals surface area (Å²) in [6.07, 6.45) is 4.62. The highest BCUT2D eigenvalue weighted by Gasteiger charge is 2.35. The Balaban J connectivity index is 1.39. The second-order valence-corrected chi connectivity index (χ2v) is 10.9. The Morgan fingerprint density at radius 1 is 0.853 bits per heavy atom. The average Bonchev–Trinajstić information content (AvgIpc) is 2.86. The third kappa shape index (κ3) is 5.64. The molecule has 9 heteroatoms. The van der Waals surface area contributed by atoms with Crippen molar-refractivity contribution < 1.29 is 22.4 Å². The van der Waals surface area contributed by atoms with E-state index in [0.717, 1.165) is 37.8 Å². The maximum Gasteiger partial charge on any atom is 0.251 e. The Labute approximate surface area is 199 Å². The minimum atomic E-state index is -3.81. The van der Waals surface area contributed by atoms with Gasteiger partial charge >= 0.3 is 0 Å². The number of benzene rings is 2. The van der Waals surface area contributed by atoms with Gasteiger partial charge in [0.1, 0.15) is 5.82 Å². The molecule has 7 nitrogen and oxygen atoms in total. The van der Waals surface area contributed by atoms with Crippen molar-refractivity contribution in [3.8, 4) is 0 Å². The summed E-state index contributed by atoms with van der Waals surface area (Å²) < 4.78 is 40.5. The maximum absolute atomic E-state index is 13.2. The van der Waals surface area contributed by atoms with Crippen molar-refractivity contribution in [3.05, 3.63) is 66.0 Å². The second kappa shape index (κ2) is 10.7. The van der Waals surface area contributed by atoms with Crippen LogP contribution < -0.4 is 10.6 Å². The van der Waals surface area contributed by atoms with Crippen LogP contribution in [0.15, 0.2) is 59.5 Å². The van der Waals surface area contributed by atoms with Crippen LogP contribution in [0.1, 0.15) is 48.9 Å². The van der Waals surface area contributed by atoms with Crippen LogP contribution in [0.3, 0.4) is 0 Å². The molecule has 2 aromatic rings. The van der Waals surface area contributed by atoms with E-state index < -0.39 is 21.8 Å². The highest BCUT2D eigenvalue weighted by atomic mass is 32.2. The van der Waals surface area contributed by atoms with Gasteiger partial charge in [0.25, 0.3) is 5.91 Å². The van der Waals surface area contributed by atoms with Crippen LogP contribution in [0.2, 0.25) is 0 Å². The molecule has 1 aliphatic heterocycles. The number of hydrogen-bond donors (Lipinski definition) is 2. The molecule has 34 heavy (non-hydrogen) atoms. The summed E-state index contributed by atoms with van der Waals surface area (Å²) in [5.41, 5.74) is 0.576. The Kier molecular flexibility index (Phi) is 7.63. The van der Waals surface area contributed by atoms with E-state index in [1.807, 2.05) is 18.2 Å². The number of rotatable bonds is 6. The van der Waals surface area contributed by atoms with E-state index >= 15 is 0 Å². The molecule has 1 saturated heterocycles. The zero-order valence-corrected chi connectivity index (χ0v) is 19.8. The van der Waals surface area contributed by atoms with Crippen LogP contribution in [-0.2, 0) is 14.8 Å². The van der Waals surface area contributed by atoms with Crippen molar-refractivity contribution in [3.63, 3.8) is 0 Å². The predicted octanol–water partition coefficient (Wildman–Crippen LogP) is 3.08. The summed E-state index contributed by atoms with van der Waals surface area (Å²) in [7, 11) is -3.81. The second-order valence-electron chi connectivity index (χ2n) is 9.00. The molecule has 2 N–H and O–H groups in total. The largest absolute Gasteiger partial charge is 0.351 e. The fourth-order valence-electron chi connectivity index (χ4n) is 4.75. The van der Waals surface area contributed by atoms with Crippen LogP contribution in [0, 0.1) is 11.7 Å². The molecular formula is C25H30FN3O4S. The third-order valence-corrected chi connectivity index (χ3v) is 8.53. The summed E-state index contributed by atoms with van der Waals surface area (Å²) >= 11 is 0. The molecule has 2 amide bonds. The van der Waals surface area contributed by atoms with Gasteiger partial charge in [-0.1, -0.05) is 31.0 Å². The third-order valence-electron chi connectivity index (χ3n) is 6.65. The van der Waals surface area contributed by atoms with Crippen LogP contribution >= 0.6 is 0 Å². The lowest BCUT2D eigenvalue weighted by Crippen LogP contribution is -2.55. The first-order valence-electron chi connectivity index (χ1n) is 11.8. The minimum absolute atomic E-state index is 0.0194. The van der Waals surface area contributed by atoms with E-state index in [1.165, 1.54) is 16.4 Å². The zero-order valence-electron chi connectivity index (χ0n) is 19.0. The number of halogens is 1. The lowest BCUT2D eigenvalue weighted by Gasteiger charge is -2.36. The van der Waals surface area contributed by atoms with Gasteiger partial charge in [0.05, 0.1) is 10.8 Å². The van der Waals surface area contributed by atoms with Crippen molar-refractivity contribution in [2.45, 2.75) is 55.5 Å². The molecule has 0 unspecified atom stereocenters. The summed E-state index contributed by atoms with van der Waals surface area (Å²) in [6, 6.07) is 13.3. The van der Waals surface area contributed by atoms with E-state index in [9.17, 15) is 22.4 Å². The molecule has 2 aliphatic rings. The van der Waals surface area contributed by atoms with Gasteiger partial charge in [-0.05, 0) is 62.1 Å². The van der Waals surface area contributed by atoms with Crippen molar-refractivity contribution >= 4 is 21.8 Å². The molecule has 3 atom stereocenters. The topological polar surface area (TPSA) is 95.6 Å². The van der Waals surface area contributed by atoms with Gasteiger partial charge in [-0.2, -0.15) is 4.31 Å². The average molecular weight is 488 g/mol. The summed E-state index contributed by atoms with van der Waals surface area (Å²) in [5.74, 6) is -1.33. The minimum Gasteiger partial charge on any atom is -0.351 e. The summed E-state index contributed by atoms with van der Waals surface area (Å²) in [6.45, 7) is 0.405. The van der Waals surface area contributed by atoms with Crippen LogP contribution in [-0.4, -0.2) is 49.7 Å². The van der Waals surface area contributed by atoms with E-state index in [0.29, 0.717) is 24.9 Å². The molecule has 182 valence electrons.